The summed E-state index contributed by atoms with van der Waals surface area (Å²) < 4.78 is 17.7. The molecular formula is C27H33ClN2O5. The van der Waals surface area contributed by atoms with Crippen molar-refractivity contribution >= 4 is 29.5 Å². The quantitative estimate of drug-likeness (QED) is 0.245. The number of aryl methyl sites for hydroxylation is 2. The molecule has 0 spiro atoms. The molecule has 0 bridgehead atoms. The number of hydrogen-bond acceptors (Lipinski definition) is 7. The van der Waals surface area contributed by atoms with E-state index in [1.165, 1.54) is 0 Å². The van der Waals surface area contributed by atoms with Crippen LogP contribution in [-0.4, -0.2) is 50.5 Å². The molecule has 0 amide bonds. The van der Waals surface area contributed by atoms with Gasteiger partial charge in [0.05, 0.1) is 24.4 Å². The van der Waals surface area contributed by atoms with Gasteiger partial charge in [-0.25, -0.2) is 4.79 Å². The molecule has 2 aliphatic rings. The van der Waals surface area contributed by atoms with Crippen molar-refractivity contribution in [1.82, 2.24) is 4.90 Å². The number of unbranched alkanes of at least 4 members (excludes halogenated alkanes) is 1. The molecule has 7 nitrogen and oxygen atoms in total. The van der Waals surface area contributed by atoms with Gasteiger partial charge in [0, 0.05) is 44.3 Å². The lowest BCUT2D eigenvalue weighted by Gasteiger charge is -2.42. The van der Waals surface area contributed by atoms with E-state index in [4.69, 9.17) is 31.5 Å². The molecule has 0 unspecified atom stereocenters. The number of nitrogen functional groups attached to an aromatic ring is 1. The number of carbonyl (C=O) groups is 2. The number of piperidine rings is 1. The van der Waals surface area contributed by atoms with Crippen LogP contribution in [0.25, 0.3) is 0 Å². The first-order valence-corrected chi connectivity index (χ1v) is 12.5. The third kappa shape index (κ3) is 4.98. The summed E-state index contributed by atoms with van der Waals surface area (Å²) in [6.07, 6.45) is 4.21. The number of nitrogens with two attached hydrogens (primary N) is 1. The fraction of sp³-hybridized carbons (Fsp3) is 0.481. The zero-order valence-electron chi connectivity index (χ0n) is 20.6. The number of nitrogens with zero attached hydrogens (tertiary/aromatic N) is 1. The SMILES string of the molecule is COc1c(C)cc(C2(OC(=O)c3cc(Cl)c(N)c4c3OCC4)CCN(CCCC=O)CC2)cc1C. The van der Waals surface area contributed by atoms with Gasteiger partial charge in [0.25, 0.3) is 0 Å². The fourth-order valence-corrected chi connectivity index (χ4v) is 5.50. The van der Waals surface area contributed by atoms with Crippen molar-refractivity contribution in [1.29, 1.82) is 0 Å². The topological polar surface area (TPSA) is 91.1 Å². The summed E-state index contributed by atoms with van der Waals surface area (Å²) in [5, 5.41) is 0.330. The van der Waals surface area contributed by atoms with Crippen molar-refractivity contribution in [3.63, 3.8) is 0 Å². The molecule has 1 fully saturated rings. The second kappa shape index (κ2) is 10.5. The molecule has 35 heavy (non-hydrogen) atoms. The predicted molar refractivity (Wildman–Crippen MR) is 136 cm³/mol. The maximum Gasteiger partial charge on any atom is 0.342 e. The molecule has 4 rings (SSSR count). The number of hydrogen-bond donors (Lipinski definition) is 1. The molecule has 188 valence electrons. The van der Waals surface area contributed by atoms with E-state index >= 15 is 0 Å². The van der Waals surface area contributed by atoms with Gasteiger partial charge in [0.1, 0.15) is 28.9 Å². The van der Waals surface area contributed by atoms with E-state index in [9.17, 15) is 9.59 Å². The minimum atomic E-state index is -0.806. The van der Waals surface area contributed by atoms with E-state index in [0.717, 1.165) is 60.3 Å². The van der Waals surface area contributed by atoms with Crippen molar-refractivity contribution in [3.05, 3.63) is 51.0 Å². The number of methoxy groups -OCH3 is 1. The first kappa shape index (κ1) is 25.3. The third-order valence-electron chi connectivity index (χ3n) is 7.13. The number of aldehydes is 1. The van der Waals surface area contributed by atoms with Crippen molar-refractivity contribution in [2.24, 2.45) is 0 Å². The van der Waals surface area contributed by atoms with Crippen LogP contribution in [0.5, 0.6) is 11.5 Å². The lowest BCUT2D eigenvalue weighted by atomic mass is 9.82. The molecule has 8 heteroatoms. The van der Waals surface area contributed by atoms with Gasteiger partial charge >= 0.3 is 5.97 Å². The van der Waals surface area contributed by atoms with E-state index in [2.05, 4.69) is 17.0 Å². The lowest BCUT2D eigenvalue weighted by Crippen LogP contribution is -2.45. The Morgan fingerprint density at radius 1 is 1.23 bits per heavy atom. The first-order valence-electron chi connectivity index (χ1n) is 12.1. The predicted octanol–water partition coefficient (Wildman–Crippen LogP) is 4.61. The number of likely N-dealkylation sites (tertiary alicyclic amines) is 1. The van der Waals surface area contributed by atoms with Crippen LogP contribution in [0.2, 0.25) is 5.02 Å². The van der Waals surface area contributed by atoms with Gasteiger partial charge in [-0.3, -0.25) is 0 Å². The Morgan fingerprint density at radius 3 is 2.54 bits per heavy atom. The smallest absolute Gasteiger partial charge is 0.342 e. The summed E-state index contributed by atoms with van der Waals surface area (Å²) in [7, 11) is 1.66. The van der Waals surface area contributed by atoms with Crippen LogP contribution in [-0.2, 0) is 21.6 Å². The Balaban J connectivity index is 1.67. The van der Waals surface area contributed by atoms with Gasteiger partial charge in [-0.05, 0) is 61.7 Å². The highest BCUT2D eigenvalue weighted by Crippen LogP contribution is 2.43. The second-order valence-electron chi connectivity index (χ2n) is 9.40. The largest absolute Gasteiger partial charge is 0.496 e. The third-order valence-corrected chi connectivity index (χ3v) is 7.44. The number of esters is 1. The summed E-state index contributed by atoms with van der Waals surface area (Å²) in [5.41, 5.74) is 9.79. The highest BCUT2D eigenvalue weighted by molar-refractivity contribution is 6.33. The van der Waals surface area contributed by atoms with Gasteiger partial charge in [-0.15, -0.1) is 0 Å². The first-order chi connectivity index (χ1) is 16.8. The highest BCUT2D eigenvalue weighted by atomic mass is 35.5. The lowest BCUT2D eigenvalue weighted by molar-refractivity contribution is -0.108. The minimum absolute atomic E-state index is 0.312. The maximum atomic E-state index is 13.6. The van der Waals surface area contributed by atoms with Gasteiger partial charge in [-0.2, -0.15) is 0 Å². The highest BCUT2D eigenvalue weighted by Gasteiger charge is 2.41. The fourth-order valence-electron chi connectivity index (χ4n) is 5.27. The molecule has 0 aliphatic carbocycles. The standard InChI is InChI=1S/C27H33ClN2O5/c1-17-14-19(15-18(2)24(17)33-3)27(7-10-30(11-8-27)9-4-5-12-31)35-26(32)21-16-22(28)23(29)20-6-13-34-25(20)21/h12,14-16H,4-11,13,29H2,1-3H3. The Bertz CT molecular complexity index is 1100. The minimum Gasteiger partial charge on any atom is -0.496 e. The molecule has 0 radical (unpaired) electrons. The summed E-state index contributed by atoms with van der Waals surface area (Å²) in [5.74, 6) is 0.837. The average molecular weight is 501 g/mol. The number of halogens is 1. The molecular weight excluding hydrogens is 468 g/mol. The van der Waals surface area contributed by atoms with Crippen LogP contribution in [0.15, 0.2) is 18.2 Å². The molecule has 0 aromatic heterocycles. The van der Waals surface area contributed by atoms with Gasteiger partial charge < -0.3 is 29.6 Å². The molecule has 2 aliphatic heterocycles. The van der Waals surface area contributed by atoms with E-state index in [0.29, 0.717) is 54.3 Å². The second-order valence-corrected chi connectivity index (χ2v) is 9.81. The summed E-state index contributed by atoms with van der Waals surface area (Å²) in [6, 6.07) is 5.66. The number of fused-ring (bicyclic) bond motifs is 1. The Kier molecular flexibility index (Phi) is 7.57. The molecule has 2 aromatic rings. The van der Waals surface area contributed by atoms with Crippen LogP contribution in [0.4, 0.5) is 5.69 Å². The Labute approximate surface area is 211 Å². The average Bonchev–Trinajstić information content (AvgIpc) is 3.33. The van der Waals surface area contributed by atoms with Gasteiger partial charge in [-0.1, -0.05) is 11.6 Å². The maximum absolute atomic E-state index is 13.6. The van der Waals surface area contributed by atoms with E-state index in [1.807, 2.05) is 13.8 Å². The summed E-state index contributed by atoms with van der Waals surface area (Å²) >= 11 is 6.36. The van der Waals surface area contributed by atoms with Crippen molar-refractivity contribution < 1.29 is 23.8 Å². The van der Waals surface area contributed by atoms with Crippen LogP contribution in [0, 0.1) is 13.8 Å². The van der Waals surface area contributed by atoms with Gasteiger partial charge in [0.15, 0.2) is 0 Å². The van der Waals surface area contributed by atoms with Crippen molar-refractivity contribution in [2.45, 2.75) is 51.6 Å². The summed E-state index contributed by atoms with van der Waals surface area (Å²) in [6.45, 7) is 6.82. The molecule has 2 heterocycles. The monoisotopic (exact) mass is 500 g/mol. The normalized spacial score (nSPS) is 16.9. The Hall–Kier alpha value is -2.77. The van der Waals surface area contributed by atoms with Gasteiger partial charge in [0.2, 0.25) is 0 Å². The van der Waals surface area contributed by atoms with E-state index < -0.39 is 11.6 Å². The van der Waals surface area contributed by atoms with Crippen LogP contribution in [0.3, 0.4) is 0 Å². The number of benzene rings is 2. The Morgan fingerprint density at radius 2 is 1.91 bits per heavy atom. The van der Waals surface area contributed by atoms with E-state index in [-0.39, 0.29) is 0 Å². The number of carbonyl (C=O) groups excluding carboxylic acids is 2. The molecule has 0 atom stereocenters. The van der Waals surface area contributed by atoms with Crippen LogP contribution < -0.4 is 15.2 Å². The van der Waals surface area contributed by atoms with Crippen LogP contribution >= 0.6 is 11.6 Å². The molecule has 1 saturated heterocycles. The molecule has 2 N–H and O–H groups in total. The zero-order chi connectivity index (χ0) is 25.2. The number of ether oxygens (including phenoxy) is 3. The molecule has 2 aromatic carbocycles. The van der Waals surface area contributed by atoms with Crippen LogP contribution in [0.1, 0.15) is 58.3 Å². The zero-order valence-corrected chi connectivity index (χ0v) is 21.4. The van der Waals surface area contributed by atoms with Crippen molar-refractivity contribution in [3.8, 4) is 11.5 Å². The number of rotatable bonds is 8. The van der Waals surface area contributed by atoms with Crippen molar-refractivity contribution in [2.75, 3.05) is 39.1 Å². The summed E-state index contributed by atoms with van der Waals surface area (Å²) in [4.78, 5) is 26.7. The van der Waals surface area contributed by atoms with E-state index in [1.54, 1.807) is 13.2 Å². The number of anilines is 1. The molecule has 0 saturated carbocycles.